The van der Waals surface area contributed by atoms with Gasteiger partial charge in [0.05, 0.1) is 15.8 Å². The molecule has 2 rings (SSSR count). The molecule has 1 aliphatic carbocycles. The molecule has 1 fully saturated rings. The number of nitrogens with one attached hydrogen (secondary N) is 2. The van der Waals surface area contributed by atoms with Crippen LogP contribution in [0.2, 0.25) is 10.0 Å². The molecule has 2 N–H and O–H groups in total. The SMILES string of the molecule is N=C(CNC1CC1)c1ccc(Cl)c(Cl)c1. The summed E-state index contributed by atoms with van der Waals surface area (Å²) < 4.78 is 0. The molecule has 1 aliphatic rings. The molecule has 2 nitrogen and oxygen atoms in total. The zero-order valence-corrected chi connectivity index (χ0v) is 9.70. The van der Waals surface area contributed by atoms with Crippen LogP contribution in [-0.4, -0.2) is 18.3 Å². The molecule has 0 heterocycles. The normalized spacial score (nSPS) is 15.3. The van der Waals surface area contributed by atoms with E-state index in [4.69, 9.17) is 28.6 Å². The minimum Gasteiger partial charge on any atom is -0.308 e. The van der Waals surface area contributed by atoms with Gasteiger partial charge in [-0.1, -0.05) is 29.3 Å². The molecule has 80 valence electrons. The van der Waals surface area contributed by atoms with E-state index in [9.17, 15) is 0 Å². The third kappa shape index (κ3) is 2.94. The first-order valence-corrected chi connectivity index (χ1v) is 5.68. The number of halogens is 2. The monoisotopic (exact) mass is 242 g/mol. The maximum atomic E-state index is 7.85. The molecule has 0 spiro atoms. The van der Waals surface area contributed by atoms with E-state index in [0.29, 0.717) is 28.3 Å². The molecule has 0 bridgehead atoms. The van der Waals surface area contributed by atoms with Crippen molar-refractivity contribution in [3.63, 3.8) is 0 Å². The molecule has 1 saturated carbocycles. The summed E-state index contributed by atoms with van der Waals surface area (Å²) >= 11 is 11.7. The number of rotatable bonds is 4. The molecule has 0 unspecified atom stereocenters. The highest BCUT2D eigenvalue weighted by atomic mass is 35.5. The van der Waals surface area contributed by atoms with Crippen LogP contribution in [0.5, 0.6) is 0 Å². The van der Waals surface area contributed by atoms with E-state index in [2.05, 4.69) is 5.32 Å². The summed E-state index contributed by atoms with van der Waals surface area (Å²) in [4.78, 5) is 0. The second-order valence-electron chi connectivity index (χ2n) is 3.76. The molecule has 1 aromatic rings. The summed E-state index contributed by atoms with van der Waals surface area (Å²) in [6.07, 6.45) is 2.46. The Morgan fingerprint density at radius 2 is 2.07 bits per heavy atom. The standard InChI is InChI=1S/C11H12Cl2N2/c12-9-4-1-7(5-10(9)13)11(14)6-15-8-2-3-8/h1,4-5,8,14-15H,2-3,6H2. The van der Waals surface area contributed by atoms with Crippen LogP contribution in [0.1, 0.15) is 18.4 Å². The Hall–Kier alpha value is -0.570. The first-order chi connectivity index (χ1) is 7.16. The summed E-state index contributed by atoms with van der Waals surface area (Å²) in [5.74, 6) is 0. The number of hydrogen-bond donors (Lipinski definition) is 2. The topological polar surface area (TPSA) is 35.9 Å². The van der Waals surface area contributed by atoms with Crippen molar-refractivity contribution >= 4 is 28.9 Å². The van der Waals surface area contributed by atoms with Crippen LogP contribution >= 0.6 is 23.2 Å². The maximum absolute atomic E-state index is 7.85. The lowest BCUT2D eigenvalue weighted by Crippen LogP contribution is -2.24. The van der Waals surface area contributed by atoms with Crippen molar-refractivity contribution in [2.75, 3.05) is 6.54 Å². The Balaban J connectivity index is 2.00. The van der Waals surface area contributed by atoms with E-state index in [1.54, 1.807) is 12.1 Å². The van der Waals surface area contributed by atoms with E-state index < -0.39 is 0 Å². The minimum atomic E-state index is 0.505. The van der Waals surface area contributed by atoms with Gasteiger partial charge in [0.2, 0.25) is 0 Å². The van der Waals surface area contributed by atoms with Gasteiger partial charge in [-0.15, -0.1) is 0 Å². The molecular weight excluding hydrogens is 231 g/mol. The van der Waals surface area contributed by atoms with E-state index >= 15 is 0 Å². The Bertz CT molecular complexity index is 386. The Morgan fingerprint density at radius 3 is 2.67 bits per heavy atom. The lowest BCUT2D eigenvalue weighted by Gasteiger charge is -2.06. The van der Waals surface area contributed by atoms with Crippen LogP contribution in [0.15, 0.2) is 18.2 Å². The van der Waals surface area contributed by atoms with Crippen LogP contribution in [0.3, 0.4) is 0 Å². The predicted molar refractivity (Wildman–Crippen MR) is 64.3 cm³/mol. The fourth-order valence-electron chi connectivity index (χ4n) is 1.32. The van der Waals surface area contributed by atoms with Gasteiger partial charge in [-0.3, -0.25) is 0 Å². The van der Waals surface area contributed by atoms with Gasteiger partial charge < -0.3 is 10.7 Å². The summed E-state index contributed by atoms with van der Waals surface area (Å²) in [5, 5.41) is 12.2. The highest BCUT2D eigenvalue weighted by Gasteiger charge is 2.20. The van der Waals surface area contributed by atoms with Gasteiger partial charge in [0.25, 0.3) is 0 Å². The van der Waals surface area contributed by atoms with Gasteiger partial charge in [0.15, 0.2) is 0 Å². The summed E-state index contributed by atoms with van der Waals surface area (Å²) in [5.41, 5.74) is 1.39. The Kier molecular flexibility index (Phi) is 3.29. The van der Waals surface area contributed by atoms with Crippen LogP contribution in [0.25, 0.3) is 0 Å². The highest BCUT2D eigenvalue weighted by Crippen LogP contribution is 2.23. The first-order valence-electron chi connectivity index (χ1n) is 4.93. The molecule has 0 aliphatic heterocycles. The molecule has 4 heteroatoms. The Labute approximate surface area is 99.1 Å². The fourth-order valence-corrected chi connectivity index (χ4v) is 1.62. The van der Waals surface area contributed by atoms with E-state index in [1.165, 1.54) is 12.8 Å². The third-order valence-electron chi connectivity index (χ3n) is 2.41. The highest BCUT2D eigenvalue weighted by molar-refractivity contribution is 6.42. The molecule has 0 aromatic heterocycles. The van der Waals surface area contributed by atoms with Crippen molar-refractivity contribution in [3.8, 4) is 0 Å². The molecule has 0 amide bonds. The van der Waals surface area contributed by atoms with Gasteiger partial charge in [-0.2, -0.15) is 0 Å². The maximum Gasteiger partial charge on any atom is 0.0598 e. The lowest BCUT2D eigenvalue weighted by molar-refractivity contribution is 0.768. The molecule has 0 saturated heterocycles. The predicted octanol–water partition coefficient (Wildman–Crippen LogP) is 3.11. The van der Waals surface area contributed by atoms with Crippen molar-refractivity contribution in [3.05, 3.63) is 33.8 Å². The van der Waals surface area contributed by atoms with Crippen LogP contribution in [-0.2, 0) is 0 Å². The quantitative estimate of drug-likeness (QED) is 0.783. The van der Waals surface area contributed by atoms with Gasteiger partial charge in [0.1, 0.15) is 0 Å². The Morgan fingerprint density at radius 1 is 1.33 bits per heavy atom. The largest absolute Gasteiger partial charge is 0.308 e. The zero-order chi connectivity index (χ0) is 10.8. The number of benzene rings is 1. The number of hydrogen-bond acceptors (Lipinski definition) is 2. The van der Waals surface area contributed by atoms with Gasteiger partial charge >= 0.3 is 0 Å². The van der Waals surface area contributed by atoms with Crippen molar-refractivity contribution in [1.82, 2.24) is 5.32 Å². The minimum absolute atomic E-state index is 0.505. The summed E-state index contributed by atoms with van der Waals surface area (Å²) in [7, 11) is 0. The second-order valence-corrected chi connectivity index (χ2v) is 4.58. The van der Waals surface area contributed by atoms with Gasteiger partial charge in [0, 0.05) is 12.6 Å². The zero-order valence-electron chi connectivity index (χ0n) is 8.19. The second kappa shape index (κ2) is 4.52. The third-order valence-corrected chi connectivity index (χ3v) is 3.15. The van der Waals surface area contributed by atoms with Crippen molar-refractivity contribution in [1.29, 1.82) is 5.41 Å². The van der Waals surface area contributed by atoms with Crippen LogP contribution < -0.4 is 5.32 Å². The van der Waals surface area contributed by atoms with E-state index in [0.717, 1.165) is 5.56 Å². The van der Waals surface area contributed by atoms with Gasteiger partial charge in [-0.25, -0.2) is 0 Å². The van der Waals surface area contributed by atoms with Crippen molar-refractivity contribution in [2.24, 2.45) is 0 Å². The lowest BCUT2D eigenvalue weighted by atomic mass is 10.1. The van der Waals surface area contributed by atoms with Crippen molar-refractivity contribution in [2.45, 2.75) is 18.9 Å². The molecule has 0 radical (unpaired) electrons. The molecule has 15 heavy (non-hydrogen) atoms. The smallest absolute Gasteiger partial charge is 0.0598 e. The van der Waals surface area contributed by atoms with Crippen LogP contribution in [0.4, 0.5) is 0 Å². The fraction of sp³-hybridized carbons (Fsp3) is 0.364. The summed E-state index contributed by atoms with van der Waals surface area (Å²) in [6.45, 7) is 0.600. The molecule has 1 aromatic carbocycles. The molecule has 0 atom stereocenters. The van der Waals surface area contributed by atoms with E-state index in [-0.39, 0.29) is 0 Å². The van der Waals surface area contributed by atoms with Crippen LogP contribution in [0, 0.1) is 5.41 Å². The molecular formula is C11H12Cl2N2. The summed E-state index contributed by atoms with van der Waals surface area (Å²) in [6, 6.07) is 5.91. The van der Waals surface area contributed by atoms with E-state index in [1.807, 2.05) is 6.07 Å². The van der Waals surface area contributed by atoms with Gasteiger partial charge in [-0.05, 0) is 30.5 Å². The van der Waals surface area contributed by atoms with Crippen molar-refractivity contribution < 1.29 is 0 Å². The first kappa shape index (κ1) is 10.9. The average molecular weight is 243 g/mol. The average Bonchev–Trinajstić information content (AvgIpc) is 3.02.